The molecule has 0 saturated carbocycles. The summed E-state index contributed by atoms with van der Waals surface area (Å²) >= 11 is 5.89. The van der Waals surface area contributed by atoms with Gasteiger partial charge in [-0.05, 0) is 32.9 Å². The number of halogens is 2. The molecule has 0 amide bonds. The van der Waals surface area contributed by atoms with Crippen molar-refractivity contribution in [3.05, 3.63) is 61.1 Å². The van der Waals surface area contributed by atoms with E-state index in [9.17, 15) is 18.8 Å². The van der Waals surface area contributed by atoms with E-state index in [-0.39, 0.29) is 16.3 Å². The highest BCUT2D eigenvalue weighted by molar-refractivity contribution is 6.33. The fraction of sp³-hybridized carbons (Fsp3) is 0.312. The molecule has 1 aromatic carbocycles. The summed E-state index contributed by atoms with van der Waals surface area (Å²) < 4.78 is 21.2. The third kappa shape index (κ3) is 3.26. The summed E-state index contributed by atoms with van der Waals surface area (Å²) in [6.07, 6.45) is -0.406. The van der Waals surface area contributed by atoms with E-state index in [0.29, 0.717) is 10.3 Å². The van der Waals surface area contributed by atoms with E-state index in [1.165, 1.54) is 17.7 Å². The number of carbonyl (C=O) groups is 1. The Morgan fingerprint density at radius 3 is 2.46 bits per heavy atom. The molecule has 0 saturated heterocycles. The van der Waals surface area contributed by atoms with Crippen LogP contribution in [0.15, 0.2) is 27.8 Å². The van der Waals surface area contributed by atoms with Gasteiger partial charge < -0.3 is 9.30 Å². The topological polar surface area (TPSA) is 70.3 Å². The number of esters is 1. The molecule has 0 unspecified atom stereocenters. The van der Waals surface area contributed by atoms with Gasteiger partial charge in [0.25, 0.3) is 5.56 Å². The number of benzene rings is 1. The molecule has 1 aromatic heterocycles. The molecule has 0 N–H and O–H groups in total. The summed E-state index contributed by atoms with van der Waals surface area (Å²) in [6.45, 7) is 4.88. The van der Waals surface area contributed by atoms with E-state index in [0.717, 1.165) is 12.1 Å². The van der Waals surface area contributed by atoms with Gasteiger partial charge in [0.15, 0.2) is 0 Å². The molecule has 6 nitrogen and oxygen atoms in total. The molecule has 0 spiro atoms. The average molecular weight is 355 g/mol. The Kier molecular flexibility index (Phi) is 4.94. The van der Waals surface area contributed by atoms with Gasteiger partial charge in [-0.15, -0.1) is 0 Å². The molecule has 0 atom stereocenters. The third-order valence-electron chi connectivity index (χ3n) is 3.40. The molecule has 0 bridgehead atoms. The van der Waals surface area contributed by atoms with E-state index in [1.807, 2.05) is 0 Å². The van der Waals surface area contributed by atoms with E-state index >= 15 is 0 Å². The maximum Gasteiger partial charge on any atom is 0.339 e. The number of nitrogens with zero attached hydrogens (tertiary/aromatic N) is 2. The maximum absolute atomic E-state index is 14.3. The van der Waals surface area contributed by atoms with Crippen molar-refractivity contribution in [3.8, 4) is 5.69 Å². The Morgan fingerprint density at radius 1 is 1.25 bits per heavy atom. The van der Waals surface area contributed by atoms with Gasteiger partial charge >= 0.3 is 11.7 Å². The SMILES string of the molecule is Cc1cc(=O)n(-c2cc(C(=O)OC(C)C)c(Cl)cc2F)c(=O)n1C. The van der Waals surface area contributed by atoms with Gasteiger partial charge in [-0.3, -0.25) is 4.79 Å². The molecule has 0 aliphatic heterocycles. The Morgan fingerprint density at radius 2 is 1.88 bits per heavy atom. The van der Waals surface area contributed by atoms with Gasteiger partial charge in [0.1, 0.15) is 5.82 Å². The smallest absolute Gasteiger partial charge is 0.339 e. The van der Waals surface area contributed by atoms with Gasteiger partial charge in [0.05, 0.1) is 22.4 Å². The fourth-order valence-electron chi connectivity index (χ4n) is 2.10. The van der Waals surface area contributed by atoms with Crippen molar-refractivity contribution in [3.63, 3.8) is 0 Å². The van der Waals surface area contributed by atoms with Crippen LogP contribution in [0.2, 0.25) is 5.02 Å². The molecule has 1 heterocycles. The first-order chi connectivity index (χ1) is 11.1. The van der Waals surface area contributed by atoms with E-state index < -0.39 is 29.1 Å². The Labute approximate surface area is 142 Å². The van der Waals surface area contributed by atoms with Crippen molar-refractivity contribution < 1.29 is 13.9 Å². The number of rotatable bonds is 3. The van der Waals surface area contributed by atoms with Crippen LogP contribution in [-0.4, -0.2) is 21.2 Å². The lowest BCUT2D eigenvalue weighted by Gasteiger charge is -2.13. The van der Waals surface area contributed by atoms with Crippen LogP contribution in [0.4, 0.5) is 4.39 Å². The first-order valence-electron chi connectivity index (χ1n) is 7.13. The molecule has 0 fully saturated rings. The average Bonchev–Trinajstić information content (AvgIpc) is 2.46. The summed E-state index contributed by atoms with van der Waals surface area (Å²) in [4.78, 5) is 36.5. The molecule has 0 aliphatic rings. The van der Waals surface area contributed by atoms with Crippen LogP contribution in [0.1, 0.15) is 29.9 Å². The Balaban J connectivity index is 2.74. The third-order valence-corrected chi connectivity index (χ3v) is 3.71. The summed E-state index contributed by atoms with van der Waals surface area (Å²) in [7, 11) is 1.45. The second-order valence-corrected chi connectivity index (χ2v) is 5.95. The number of ether oxygens (including phenoxy) is 1. The number of hydrogen-bond donors (Lipinski definition) is 0. The number of hydrogen-bond acceptors (Lipinski definition) is 4. The summed E-state index contributed by atoms with van der Waals surface area (Å²) in [5.74, 6) is -1.67. The molecule has 0 aliphatic carbocycles. The van der Waals surface area contributed by atoms with Gasteiger partial charge in [0, 0.05) is 18.8 Å². The number of carbonyl (C=O) groups excluding carboxylic acids is 1. The minimum Gasteiger partial charge on any atom is -0.459 e. The highest BCUT2D eigenvalue weighted by atomic mass is 35.5. The van der Waals surface area contributed by atoms with Crippen LogP contribution < -0.4 is 11.2 Å². The molecular formula is C16H16ClFN2O4. The zero-order valence-electron chi connectivity index (χ0n) is 13.6. The summed E-state index contributed by atoms with van der Waals surface area (Å²) in [5, 5.41) is -0.168. The zero-order valence-corrected chi connectivity index (χ0v) is 14.3. The quantitative estimate of drug-likeness (QED) is 0.792. The van der Waals surface area contributed by atoms with Gasteiger partial charge in [0.2, 0.25) is 0 Å². The Hall–Kier alpha value is -2.41. The molecule has 8 heteroatoms. The van der Waals surface area contributed by atoms with Gasteiger partial charge in [-0.1, -0.05) is 11.6 Å². The Bertz CT molecular complexity index is 931. The molecule has 128 valence electrons. The van der Waals surface area contributed by atoms with E-state index in [1.54, 1.807) is 20.8 Å². The summed E-state index contributed by atoms with van der Waals surface area (Å²) in [5.41, 5.74) is -1.50. The standard InChI is InChI=1S/C16H16ClFN2O4/c1-8(2)24-15(22)10-6-13(12(18)7-11(10)17)20-14(21)5-9(3)19(4)16(20)23/h5-8H,1-4H3. The highest BCUT2D eigenvalue weighted by Gasteiger charge is 2.20. The van der Waals surface area contributed by atoms with Crippen LogP contribution >= 0.6 is 11.6 Å². The lowest BCUT2D eigenvalue weighted by molar-refractivity contribution is 0.0378. The monoisotopic (exact) mass is 354 g/mol. The van der Waals surface area contributed by atoms with Crippen molar-refractivity contribution >= 4 is 17.6 Å². The van der Waals surface area contributed by atoms with E-state index in [2.05, 4.69) is 0 Å². The van der Waals surface area contributed by atoms with Crippen molar-refractivity contribution in [1.82, 2.24) is 9.13 Å². The predicted molar refractivity (Wildman–Crippen MR) is 87.5 cm³/mol. The van der Waals surface area contributed by atoms with Crippen molar-refractivity contribution in [1.29, 1.82) is 0 Å². The molecule has 2 rings (SSSR count). The minimum atomic E-state index is -0.899. The van der Waals surface area contributed by atoms with Crippen LogP contribution in [0, 0.1) is 12.7 Å². The minimum absolute atomic E-state index is 0.128. The first kappa shape index (κ1) is 17.9. The second kappa shape index (κ2) is 6.60. The van der Waals surface area contributed by atoms with Gasteiger partial charge in [-0.25, -0.2) is 18.5 Å². The van der Waals surface area contributed by atoms with E-state index in [4.69, 9.17) is 16.3 Å². The van der Waals surface area contributed by atoms with Gasteiger partial charge in [-0.2, -0.15) is 0 Å². The molecule has 0 radical (unpaired) electrons. The van der Waals surface area contributed by atoms with Crippen LogP contribution in [0.3, 0.4) is 0 Å². The zero-order chi connectivity index (χ0) is 18.2. The maximum atomic E-state index is 14.3. The number of aromatic nitrogens is 2. The van der Waals surface area contributed by atoms with Crippen LogP contribution in [0.5, 0.6) is 0 Å². The fourth-order valence-corrected chi connectivity index (χ4v) is 2.33. The summed E-state index contributed by atoms with van der Waals surface area (Å²) in [6, 6.07) is 3.11. The second-order valence-electron chi connectivity index (χ2n) is 5.54. The molecule has 24 heavy (non-hydrogen) atoms. The molecule has 2 aromatic rings. The van der Waals surface area contributed by atoms with Crippen LogP contribution in [-0.2, 0) is 11.8 Å². The van der Waals surface area contributed by atoms with Crippen LogP contribution in [0.25, 0.3) is 5.69 Å². The lowest BCUT2D eigenvalue weighted by Crippen LogP contribution is -2.38. The lowest BCUT2D eigenvalue weighted by atomic mass is 10.2. The first-order valence-corrected chi connectivity index (χ1v) is 7.51. The number of aryl methyl sites for hydroxylation is 1. The van der Waals surface area contributed by atoms with Crippen molar-refractivity contribution in [2.24, 2.45) is 7.05 Å². The van der Waals surface area contributed by atoms with Crippen molar-refractivity contribution in [2.45, 2.75) is 26.9 Å². The van der Waals surface area contributed by atoms with Crippen molar-refractivity contribution in [2.75, 3.05) is 0 Å². The largest absolute Gasteiger partial charge is 0.459 e. The normalized spacial score (nSPS) is 11.0. The predicted octanol–water partition coefficient (Wildman–Crippen LogP) is 2.20. The highest BCUT2D eigenvalue weighted by Crippen LogP contribution is 2.23. The molecular weight excluding hydrogens is 339 g/mol.